The lowest BCUT2D eigenvalue weighted by molar-refractivity contribution is -0.00404. The van der Waals surface area contributed by atoms with Crippen molar-refractivity contribution in [3.05, 3.63) is 70.3 Å². The van der Waals surface area contributed by atoms with Crippen LogP contribution in [-0.4, -0.2) is 78.7 Å². The molecule has 2 fully saturated rings. The SMILES string of the molecule is CO[C@H]1/C=C/C[C@H](C)CS(=O)(NC(=O)N2CC3(C2)CC3(F)F)=NC(=O)c2ccc3c(c2)N(C[C@H](C)[C@H]1C)C[C@@]1(CCCc2cc(Cl)ccc21)CO3. The number of carbonyl (C=O) groups is 2. The van der Waals surface area contributed by atoms with E-state index in [-0.39, 0.29) is 60.1 Å². The molecule has 3 aliphatic heterocycles. The topological polar surface area (TPSA) is 101 Å². The van der Waals surface area contributed by atoms with E-state index in [4.69, 9.17) is 21.1 Å². The molecule has 51 heavy (non-hydrogen) atoms. The Morgan fingerprint density at radius 1 is 1.14 bits per heavy atom. The maximum Gasteiger partial charge on any atom is 0.329 e. The van der Waals surface area contributed by atoms with Crippen molar-refractivity contribution in [2.45, 2.75) is 70.3 Å². The van der Waals surface area contributed by atoms with E-state index in [0.717, 1.165) is 24.9 Å². The molecule has 2 aromatic carbocycles. The van der Waals surface area contributed by atoms with Gasteiger partial charge in [0, 0.05) is 55.7 Å². The summed E-state index contributed by atoms with van der Waals surface area (Å²) >= 11 is 6.43. The highest BCUT2D eigenvalue weighted by Crippen LogP contribution is 2.65. The second-order valence-electron chi connectivity index (χ2n) is 15.7. The second-order valence-corrected chi connectivity index (χ2v) is 18.2. The van der Waals surface area contributed by atoms with Crippen LogP contribution in [0.1, 0.15) is 67.9 Å². The van der Waals surface area contributed by atoms with Crippen LogP contribution in [0.4, 0.5) is 19.3 Å². The molecule has 2 spiro atoms. The Labute approximate surface area is 304 Å². The highest BCUT2D eigenvalue weighted by Gasteiger charge is 2.76. The summed E-state index contributed by atoms with van der Waals surface area (Å²) in [4.78, 5) is 30.6. The van der Waals surface area contributed by atoms with Crippen LogP contribution in [0.3, 0.4) is 0 Å². The standard InChI is InChI=1S/C38H47ClF2N4O5S/c1-24-7-5-9-32(49-4)26(3)25(2)17-44-20-36(14-6-8-27-15-29(39)11-12-30(27)36)23-50-33-13-10-28(16-31(33)44)34(46)42-51(48,18-24)43-35(47)45-21-37(22-45)19-38(37,40)41/h5,9-13,15-16,24-26,32H,6-8,14,17-23H2,1-4H3,(H,42,43,46,47,48)/b9-5+/t24-,25-,26+,32-,36-,51?/m0/s1. The van der Waals surface area contributed by atoms with Crippen molar-refractivity contribution in [2.75, 3.05) is 50.5 Å². The van der Waals surface area contributed by atoms with E-state index in [1.807, 2.05) is 25.1 Å². The van der Waals surface area contributed by atoms with Crippen molar-refractivity contribution in [2.24, 2.45) is 27.5 Å². The van der Waals surface area contributed by atoms with Crippen LogP contribution in [0.15, 0.2) is 52.9 Å². The zero-order valence-electron chi connectivity index (χ0n) is 29.6. The van der Waals surface area contributed by atoms with E-state index in [0.29, 0.717) is 36.9 Å². The number of hydrogen-bond donors (Lipinski definition) is 1. The fourth-order valence-corrected chi connectivity index (χ4v) is 10.6. The number of halogens is 3. The number of aryl methyl sites for hydroxylation is 1. The molecule has 2 bridgehead atoms. The summed E-state index contributed by atoms with van der Waals surface area (Å²) in [6.45, 7) is 7.79. The molecule has 13 heteroatoms. The molecule has 0 aromatic heterocycles. The number of rotatable bonds is 2. The fraction of sp³-hybridized carbons (Fsp3) is 0.579. The van der Waals surface area contributed by atoms with Crippen molar-refractivity contribution in [3.8, 4) is 5.75 Å². The van der Waals surface area contributed by atoms with Gasteiger partial charge in [-0.3, -0.25) is 9.52 Å². The van der Waals surface area contributed by atoms with Crippen LogP contribution in [0.2, 0.25) is 5.02 Å². The number of urea groups is 1. The number of nitrogens with one attached hydrogen (secondary N) is 1. The lowest BCUT2D eigenvalue weighted by atomic mass is 9.70. The largest absolute Gasteiger partial charge is 0.490 e. The first kappa shape index (κ1) is 36.2. The number of anilines is 1. The first-order chi connectivity index (χ1) is 24.2. The molecular formula is C38H47ClF2N4O5S. The van der Waals surface area contributed by atoms with Gasteiger partial charge >= 0.3 is 6.03 Å². The van der Waals surface area contributed by atoms with Gasteiger partial charge in [0.25, 0.3) is 11.8 Å². The Balaban J connectivity index is 1.26. The minimum Gasteiger partial charge on any atom is -0.490 e. The lowest BCUT2D eigenvalue weighted by Crippen LogP contribution is -2.58. The van der Waals surface area contributed by atoms with Crippen molar-refractivity contribution in [1.82, 2.24) is 9.62 Å². The third kappa shape index (κ3) is 6.88. The van der Waals surface area contributed by atoms with Crippen LogP contribution >= 0.6 is 11.6 Å². The molecule has 2 aromatic rings. The summed E-state index contributed by atoms with van der Waals surface area (Å²) in [5.41, 5.74) is 1.91. The molecule has 3 amide bonds. The number of likely N-dealkylation sites (tertiary alicyclic amines) is 1. The van der Waals surface area contributed by atoms with E-state index in [1.165, 1.54) is 16.0 Å². The highest BCUT2D eigenvalue weighted by atomic mass is 35.5. The van der Waals surface area contributed by atoms with Gasteiger partial charge in [-0.05, 0) is 84.9 Å². The first-order valence-electron chi connectivity index (χ1n) is 17.9. The van der Waals surface area contributed by atoms with Gasteiger partial charge in [-0.25, -0.2) is 17.8 Å². The third-order valence-electron chi connectivity index (χ3n) is 11.8. The van der Waals surface area contributed by atoms with Crippen LogP contribution in [0, 0.1) is 23.2 Å². The van der Waals surface area contributed by atoms with E-state index in [9.17, 15) is 22.6 Å². The monoisotopic (exact) mass is 744 g/mol. The Hall–Kier alpha value is -3.22. The highest BCUT2D eigenvalue weighted by molar-refractivity contribution is 7.92. The van der Waals surface area contributed by atoms with E-state index < -0.39 is 33.2 Å². The summed E-state index contributed by atoms with van der Waals surface area (Å²) in [6, 6.07) is 10.5. The number of allylic oxidation sites excluding steroid dienone is 1. The zero-order chi connectivity index (χ0) is 36.3. The summed E-state index contributed by atoms with van der Waals surface area (Å²) in [5, 5.41) is 0.710. The van der Waals surface area contributed by atoms with Crippen LogP contribution in [-0.2, 0) is 26.5 Å². The summed E-state index contributed by atoms with van der Waals surface area (Å²) < 4.78 is 61.4. The van der Waals surface area contributed by atoms with Gasteiger partial charge in [-0.15, -0.1) is 4.36 Å². The van der Waals surface area contributed by atoms with Crippen molar-refractivity contribution >= 4 is 39.1 Å². The summed E-state index contributed by atoms with van der Waals surface area (Å²) in [5.74, 6) is -2.92. The number of methoxy groups -OCH3 is 1. The Bertz CT molecular complexity index is 1880. The number of benzene rings is 2. The van der Waals surface area contributed by atoms with Gasteiger partial charge in [-0.1, -0.05) is 50.6 Å². The smallest absolute Gasteiger partial charge is 0.329 e. The number of fused-ring (bicyclic) bond motifs is 3. The van der Waals surface area contributed by atoms with E-state index in [1.54, 1.807) is 25.3 Å². The normalized spacial score (nSPS) is 33.3. The van der Waals surface area contributed by atoms with Gasteiger partial charge in [0.2, 0.25) is 0 Å². The quantitative estimate of drug-likeness (QED) is 0.325. The van der Waals surface area contributed by atoms with Gasteiger partial charge < -0.3 is 19.3 Å². The predicted molar refractivity (Wildman–Crippen MR) is 194 cm³/mol. The molecule has 276 valence electrons. The van der Waals surface area contributed by atoms with Gasteiger partial charge in [0.1, 0.15) is 15.7 Å². The maximum atomic E-state index is 14.4. The molecule has 3 heterocycles. The molecule has 7 rings (SSSR count). The fourth-order valence-electron chi connectivity index (χ4n) is 8.49. The number of carbonyl (C=O) groups excluding carboxylic acids is 2. The van der Waals surface area contributed by atoms with Crippen LogP contribution in [0.5, 0.6) is 5.75 Å². The minimum absolute atomic E-state index is 0.0975. The lowest BCUT2D eigenvalue weighted by Gasteiger charge is -2.42. The third-order valence-corrected chi connectivity index (χ3v) is 14.0. The molecule has 1 saturated carbocycles. The molecular weight excluding hydrogens is 698 g/mol. The first-order valence-corrected chi connectivity index (χ1v) is 20.0. The summed E-state index contributed by atoms with van der Waals surface area (Å²) in [7, 11) is -1.95. The number of ether oxygens (including phenoxy) is 2. The van der Waals surface area contributed by atoms with Crippen molar-refractivity contribution in [3.63, 3.8) is 0 Å². The number of amides is 3. The van der Waals surface area contributed by atoms with Crippen molar-refractivity contribution in [1.29, 1.82) is 0 Å². The van der Waals surface area contributed by atoms with E-state index in [2.05, 4.69) is 40.0 Å². The summed E-state index contributed by atoms with van der Waals surface area (Å²) in [6.07, 6.45) is 6.95. The average Bonchev–Trinajstić information content (AvgIpc) is 3.69. The molecule has 1 saturated heterocycles. The van der Waals surface area contributed by atoms with Gasteiger partial charge in [0.15, 0.2) is 0 Å². The zero-order valence-corrected chi connectivity index (χ0v) is 31.2. The number of alkyl halides is 2. The average molecular weight is 745 g/mol. The molecule has 2 aliphatic carbocycles. The molecule has 1 unspecified atom stereocenters. The molecule has 0 radical (unpaired) electrons. The van der Waals surface area contributed by atoms with Crippen LogP contribution < -0.4 is 14.4 Å². The van der Waals surface area contributed by atoms with Gasteiger partial charge in [-0.2, -0.15) is 0 Å². The Morgan fingerprint density at radius 3 is 2.63 bits per heavy atom. The number of hydrogen-bond acceptors (Lipinski definition) is 6. The maximum absolute atomic E-state index is 14.4. The predicted octanol–water partition coefficient (Wildman–Crippen LogP) is 7.27. The van der Waals surface area contributed by atoms with Gasteiger partial charge in [0.05, 0.1) is 29.6 Å². The molecule has 9 nitrogen and oxygen atoms in total. The second kappa shape index (κ2) is 13.3. The Kier molecular flexibility index (Phi) is 9.44. The van der Waals surface area contributed by atoms with Crippen LogP contribution in [0.25, 0.3) is 0 Å². The molecule has 5 aliphatic rings. The van der Waals surface area contributed by atoms with Crippen molar-refractivity contribution < 1.29 is 32.1 Å². The van der Waals surface area contributed by atoms with E-state index >= 15 is 0 Å². The number of nitrogens with zero attached hydrogens (tertiary/aromatic N) is 3. The molecule has 1 N–H and O–H groups in total. The molecule has 6 atom stereocenters. The Morgan fingerprint density at radius 2 is 1.90 bits per heavy atom. The minimum atomic E-state index is -3.64.